The fraction of sp³-hybridized carbons (Fsp3) is 0.298. The SMILES string of the molecule is COC(=O)[C@H]1O[C@@H](Oc2ccc(C=CCOC(=O)Oc3ccc([N+](=O)[O-])cc3)cc2NC(=O)CCNC(=O)OCC2c3ccccc3-c3ccccc32)[C@H](OC(C)=O)[C@@H](OC(C)=O)[C@@H]1OC(C)=O. The number of non-ortho nitro benzene ring substituents is 1. The van der Waals surface area contributed by atoms with Crippen LogP contribution in [0.25, 0.3) is 17.2 Å². The molecule has 4 aromatic carbocycles. The fourth-order valence-corrected chi connectivity index (χ4v) is 7.35. The predicted octanol–water partition coefficient (Wildman–Crippen LogP) is 5.76. The van der Waals surface area contributed by atoms with Gasteiger partial charge in [-0.15, -0.1) is 0 Å². The van der Waals surface area contributed by atoms with E-state index in [4.69, 9.17) is 42.6 Å². The van der Waals surface area contributed by atoms with Crippen LogP contribution in [0.3, 0.4) is 0 Å². The van der Waals surface area contributed by atoms with Gasteiger partial charge in [0.2, 0.25) is 18.3 Å². The molecular formula is C47H45N3O18. The second-order valence-electron chi connectivity index (χ2n) is 14.9. The van der Waals surface area contributed by atoms with Crippen LogP contribution < -0.4 is 20.1 Å². The van der Waals surface area contributed by atoms with Crippen molar-refractivity contribution in [2.45, 2.75) is 63.8 Å². The molecule has 0 spiro atoms. The first-order valence-electron chi connectivity index (χ1n) is 20.8. The number of nitrogens with zero attached hydrogens (tertiary/aromatic N) is 1. The third-order valence-electron chi connectivity index (χ3n) is 10.2. The van der Waals surface area contributed by atoms with Gasteiger partial charge in [0.15, 0.2) is 18.3 Å². The van der Waals surface area contributed by atoms with E-state index in [0.29, 0.717) is 5.56 Å². The standard InChI is InChI=1S/C47H45N3O18/c1-26(51)63-40-41(64-27(2)52)43(65-28(3)53)45(68-42(40)44(55)60-4)67-38-20-15-29(10-9-23-61-47(57)66-31-18-16-30(17-19-31)50(58)59)24-37(38)49-39(54)21-22-48-46(56)62-25-36-34-13-7-5-11-32(34)33-12-6-8-14-35(33)36/h5-20,24,36,40-43,45H,21-23,25H2,1-4H3,(H,48,56)(H,49,54)/t40-,41-,42-,43+,45+/m0/s1. The third kappa shape index (κ3) is 12.7. The Balaban J connectivity index is 1.17. The molecule has 0 radical (unpaired) electrons. The summed E-state index contributed by atoms with van der Waals surface area (Å²) in [4.78, 5) is 98.8. The number of anilines is 1. The Labute approximate surface area is 387 Å². The van der Waals surface area contributed by atoms with E-state index in [2.05, 4.69) is 10.6 Å². The number of carbonyl (C=O) groups excluding carboxylic acids is 7. The Morgan fingerprint density at radius 1 is 0.765 bits per heavy atom. The maximum Gasteiger partial charge on any atom is 0.514 e. The summed E-state index contributed by atoms with van der Waals surface area (Å²) in [5, 5.41) is 16.2. The average molecular weight is 940 g/mol. The van der Waals surface area contributed by atoms with Gasteiger partial charge in [-0.2, -0.15) is 0 Å². The van der Waals surface area contributed by atoms with Crippen LogP contribution in [0.5, 0.6) is 11.5 Å². The zero-order valence-electron chi connectivity index (χ0n) is 36.9. The van der Waals surface area contributed by atoms with Crippen LogP contribution in [0.15, 0.2) is 97.1 Å². The number of alkyl carbamates (subject to hydrolysis) is 1. The smallest absolute Gasteiger partial charge is 0.467 e. The van der Waals surface area contributed by atoms with E-state index >= 15 is 0 Å². The highest BCUT2D eigenvalue weighted by Crippen LogP contribution is 2.44. The van der Waals surface area contributed by atoms with Crippen molar-refractivity contribution in [2.75, 3.05) is 32.2 Å². The van der Waals surface area contributed by atoms with Gasteiger partial charge in [0, 0.05) is 51.8 Å². The number of benzene rings is 4. The number of rotatable bonds is 17. The summed E-state index contributed by atoms with van der Waals surface area (Å²) in [5.41, 5.74) is 4.33. The maximum atomic E-state index is 13.5. The van der Waals surface area contributed by atoms with Gasteiger partial charge in [-0.3, -0.25) is 29.3 Å². The lowest BCUT2D eigenvalue weighted by atomic mass is 9.97. The zero-order chi connectivity index (χ0) is 48.9. The first-order valence-corrected chi connectivity index (χ1v) is 20.8. The number of ether oxygens (including phenoxy) is 9. The van der Waals surface area contributed by atoms with E-state index in [9.17, 15) is 43.7 Å². The number of esters is 4. The van der Waals surface area contributed by atoms with Crippen molar-refractivity contribution >= 4 is 59.5 Å². The molecular weight excluding hydrogens is 895 g/mol. The van der Waals surface area contributed by atoms with Crippen LogP contribution in [-0.2, 0) is 57.1 Å². The Morgan fingerprint density at radius 3 is 2.00 bits per heavy atom. The van der Waals surface area contributed by atoms with Crippen molar-refractivity contribution in [3.05, 3.63) is 124 Å². The van der Waals surface area contributed by atoms with E-state index in [1.807, 2.05) is 48.5 Å². The van der Waals surface area contributed by atoms with Gasteiger partial charge in [0.05, 0.1) is 17.7 Å². The Morgan fingerprint density at radius 2 is 1.38 bits per heavy atom. The zero-order valence-corrected chi connectivity index (χ0v) is 36.9. The number of hydrogen-bond acceptors (Lipinski definition) is 18. The van der Waals surface area contributed by atoms with Gasteiger partial charge in [-0.1, -0.05) is 60.7 Å². The lowest BCUT2D eigenvalue weighted by Crippen LogP contribution is -2.64. The van der Waals surface area contributed by atoms with Crippen molar-refractivity contribution < 1.29 is 81.1 Å². The molecule has 2 N–H and O–H groups in total. The Hall–Kier alpha value is -8.33. The summed E-state index contributed by atoms with van der Waals surface area (Å²) in [6.07, 6.45) is -7.76. The largest absolute Gasteiger partial charge is 0.514 e. The molecule has 6 rings (SSSR count). The van der Waals surface area contributed by atoms with Crippen molar-refractivity contribution in [1.82, 2.24) is 5.32 Å². The molecule has 2 aliphatic rings. The summed E-state index contributed by atoms with van der Waals surface area (Å²) < 4.78 is 48.8. The molecule has 0 aromatic heterocycles. The number of nitro groups is 1. The summed E-state index contributed by atoms with van der Waals surface area (Å²) in [6, 6.07) is 24.8. The number of amides is 2. The molecule has 0 saturated carbocycles. The topological polar surface area (TPSA) is 270 Å². The number of methoxy groups -OCH3 is 1. The van der Waals surface area contributed by atoms with E-state index in [1.165, 1.54) is 42.5 Å². The monoisotopic (exact) mass is 939 g/mol. The van der Waals surface area contributed by atoms with E-state index in [0.717, 1.165) is 62.3 Å². The molecule has 21 nitrogen and oxygen atoms in total. The number of fused-ring (bicyclic) bond motifs is 3. The van der Waals surface area contributed by atoms with Crippen LogP contribution in [0, 0.1) is 10.1 Å². The Bertz CT molecular complexity index is 2530. The van der Waals surface area contributed by atoms with E-state index in [1.54, 1.807) is 0 Å². The molecule has 21 heteroatoms. The van der Waals surface area contributed by atoms with Gasteiger partial charge in [-0.05, 0) is 58.2 Å². The minimum absolute atomic E-state index is 0.00547. The molecule has 4 aromatic rings. The van der Waals surface area contributed by atoms with Gasteiger partial charge in [-0.25, -0.2) is 14.4 Å². The minimum Gasteiger partial charge on any atom is -0.467 e. The van der Waals surface area contributed by atoms with Crippen molar-refractivity contribution in [1.29, 1.82) is 0 Å². The Kier molecular flexibility index (Phi) is 16.4. The molecule has 356 valence electrons. The quantitative estimate of drug-likeness (QED) is 0.0418. The van der Waals surface area contributed by atoms with E-state index in [-0.39, 0.29) is 55.0 Å². The highest BCUT2D eigenvalue weighted by Gasteiger charge is 2.56. The minimum atomic E-state index is -1.78. The average Bonchev–Trinajstić information content (AvgIpc) is 3.62. The molecule has 0 bridgehead atoms. The first kappa shape index (κ1) is 49.1. The normalized spacial score (nSPS) is 18.1. The molecule has 2 amide bonds. The van der Waals surface area contributed by atoms with Gasteiger partial charge in [0.25, 0.3) is 5.69 Å². The van der Waals surface area contributed by atoms with Crippen LogP contribution in [0.4, 0.5) is 21.0 Å². The van der Waals surface area contributed by atoms with Crippen molar-refractivity contribution in [3.8, 4) is 22.6 Å². The summed E-state index contributed by atoms with van der Waals surface area (Å²) >= 11 is 0. The van der Waals surface area contributed by atoms with Gasteiger partial charge < -0.3 is 53.3 Å². The molecule has 5 atom stereocenters. The highest BCUT2D eigenvalue weighted by atomic mass is 16.7. The fourth-order valence-electron chi connectivity index (χ4n) is 7.35. The lowest BCUT2D eigenvalue weighted by molar-refractivity contribution is -0.384. The first-order chi connectivity index (χ1) is 32.6. The van der Waals surface area contributed by atoms with Crippen LogP contribution in [0.1, 0.15) is 49.8 Å². The summed E-state index contributed by atoms with van der Waals surface area (Å²) in [7, 11) is 1.03. The predicted molar refractivity (Wildman–Crippen MR) is 235 cm³/mol. The molecule has 1 aliphatic carbocycles. The number of nitro benzene ring substituents is 1. The molecule has 1 fully saturated rings. The van der Waals surface area contributed by atoms with E-state index < -0.39 is 77.7 Å². The van der Waals surface area contributed by atoms with Gasteiger partial charge in [0.1, 0.15) is 24.7 Å². The summed E-state index contributed by atoms with van der Waals surface area (Å²) in [6.45, 7) is 2.69. The molecule has 1 aliphatic heterocycles. The lowest BCUT2D eigenvalue weighted by Gasteiger charge is -2.43. The van der Waals surface area contributed by atoms with Crippen molar-refractivity contribution in [3.63, 3.8) is 0 Å². The third-order valence-corrected chi connectivity index (χ3v) is 10.2. The van der Waals surface area contributed by atoms with Crippen LogP contribution in [0.2, 0.25) is 0 Å². The maximum absolute atomic E-state index is 13.5. The van der Waals surface area contributed by atoms with Crippen molar-refractivity contribution in [2.24, 2.45) is 0 Å². The summed E-state index contributed by atoms with van der Waals surface area (Å²) in [5.74, 6) is -4.74. The van der Waals surface area contributed by atoms with Gasteiger partial charge >= 0.3 is 36.1 Å². The molecule has 1 saturated heterocycles. The molecule has 1 heterocycles. The second kappa shape index (κ2) is 22.7. The van der Waals surface area contributed by atoms with Crippen LogP contribution >= 0.6 is 0 Å². The number of carbonyl (C=O) groups is 7. The molecule has 0 unspecified atom stereocenters. The highest BCUT2D eigenvalue weighted by molar-refractivity contribution is 5.93. The molecule has 68 heavy (non-hydrogen) atoms. The number of nitrogens with one attached hydrogen (secondary N) is 2. The number of hydrogen-bond donors (Lipinski definition) is 2. The second-order valence-corrected chi connectivity index (χ2v) is 14.9. The van der Waals surface area contributed by atoms with Crippen LogP contribution in [-0.4, -0.2) is 105 Å².